The molecule has 0 saturated carbocycles. The van der Waals surface area contributed by atoms with E-state index in [0.717, 1.165) is 17.5 Å². The van der Waals surface area contributed by atoms with Crippen molar-refractivity contribution in [3.8, 4) is 16.9 Å². The van der Waals surface area contributed by atoms with Crippen LogP contribution in [0.4, 0.5) is 0 Å². The van der Waals surface area contributed by atoms with Gasteiger partial charge in [-0.15, -0.1) is 0 Å². The zero-order chi connectivity index (χ0) is 13.6. The van der Waals surface area contributed by atoms with Gasteiger partial charge in [-0.25, -0.2) is 0 Å². The molecule has 98 valence electrons. The van der Waals surface area contributed by atoms with E-state index in [9.17, 15) is 5.11 Å². The van der Waals surface area contributed by atoms with Gasteiger partial charge in [0.2, 0.25) is 0 Å². The van der Waals surface area contributed by atoms with E-state index >= 15 is 0 Å². The van der Waals surface area contributed by atoms with Crippen molar-refractivity contribution in [1.29, 1.82) is 0 Å². The minimum atomic E-state index is -0.0538. The van der Waals surface area contributed by atoms with E-state index < -0.39 is 0 Å². The molecule has 19 heavy (non-hydrogen) atoms. The molecule has 0 saturated heterocycles. The van der Waals surface area contributed by atoms with E-state index in [2.05, 4.69) is 25.1 Å². The Morgan fingerprint density at radius 1 is 1.05 bits per heavy atom. The number of phenols is 1. The first-order valence-corrected chi connectivity index (χ1v) is 7.13. The molecule has 3 heteroatoms. The lowest BCUT2D eigenvalue weighted by Gasteiger charge is -2.09. The molecule has 0 spiro atoms. The molecular weight excluding hydrogens is 279 g/mol. The summed E-state index contributed by atoms with van der Waals surface area (Å²) >= 11 is 12.0. The lowest BCUT2D eigenvalue weighted by atomic mass is 9.98. The fourth-order valence-corrected chi connectivity index (χ4v) is 3.23. The van der Waals surface area contributed by atoms with Crippen LogP contribution in [0.2, 0.25) is 10.0 Å². The number of aromatic hydroxyl groups is 1. The average Bonchev–Trinajstić information content (AvgIpc) is 2.76. The summed E-state index contributed by atoms with van der Waals surface area (Å²) in [4.78, 5) is 0. The fourth-order valence-electron chi connectivity index (χ4n) is 2.74. The third-order valence-corrected chi connectivity index (χ3v) is 4.45. The molecule has 1 aliphatic carbocycles. The van der Waals surface area contributed by atoms with E-state index in [1.807, 2.05) is 0 Å². The third kappa shape index (κ3) is 2.22. The van der Waals surface area contributed by atoms with Crippen molar-refractivity contribution >= 4 is 23.2 Å². The fraction of sp³-hybridized carbons (Fsp3) is 0.250. The summed E-state index contributed by atoms with van der Waals surface area (Å²) < 4.78 is 0. The second kappa shape index (κ2) is 4.73. The number of benzene rings is 2. The van der Waals surface area contributed by atoms with Gasteiger partial charge in [0.1, 0.15) is 0 Å². The van der Waals surface area contributed by atoms with E-state index in [1.165, 1.54) is 17.5 Å². The third-order valence-electron chi connectivity index (χ3n) is 3.87. The Hall–Kier alpha value is -1.18. The van der Waals surface area contributed by atoms with E-state index in [4.69, 9.17) is 23.2 Å². The Morgan fingerprint density at radius 3 is 2.42 bits per heavy atom. The molecule has 0 aliphatic heterocycles. The summed E-state index contributed by atoms with van der Waals surface area (Å²) in [7, 11) is 0. The van der Waals surface area contributed by atoms with Crippen LogP contribution in [0, 0.1) is 0 Å². The molecule has 2 aromatic rings. The monoisotopic (exact) mass is 292 g/mol. The number of aryl methyl sites for hydroxylation is 1. The Bertz CT molecular complexity index is 626. The predicted octanol–water partition coefficient (Wildman–Crippen LogP) is 5.42. The molecular formula is C16H14Cl2O. The molecule has 0 bridgehead atoms. The van der Waals surface area contributed by atoms with Crippen molar-refractivity contribution in [3.63, 3.8) is 0 Å². The molecule has 1 N–H and O–H groups in total. The van der Waals surface area contributed by atoms with Crippen LogP contribution in [0.3, 0.4) is 0 Å². The Morgan fingerprint density at radius 2 is 1.74 bits per heavy atom. The van der Waals surface area contributed by atoms with Gasteiger partial charge in [0.25, 0.3) is 0 Å². The summed E-state index contributed by atoms with van der Waals surface area (Å²) in [5, 5.41) is 10.2. The highest BCUT2D eigenvalue weighted by Gasteiger charge is 2.19. The molecule has 0 heterocycles. The van der Waals surface area contributed by atoms with Gasteiger partial charge >= 0.3 is 0 Å². The molecule has 1 aliphatic rings. The molecule has 0 fully saturated rings. The van der Waals surface area contributed by atoms with Crippen LogP contribution in [0.15, 0.2) is 30.3 Å². The van der Waals surface area contributed by atoms with Crippen LogP contribution in [0.1, 0.15) is 30.4 Å². The molecule has 0 unspecified atom stereocenters. The van der Waals surface area contributed by atoms with Gasteiger partial charge in [0.15, 0.2) is 5.75 Å². The first-order chi connectivity index (χ1) is 9.06. The highest BCUT2D eigenvalue weighted by atomic mass is 35.5. The van der Waals surface area contributed by atoms with Crippen LogP contribution >= 0.6 is 23.2 Å². The van der Waals surface area contributed by atoms with Gasteiger partial charge in [-0.05, 0) is 53.1 Å². The molecule has 0 radical (unpaired) electrons. The van der Waals surface area contributed by atoms with E-state index in [-0.39, 0.29) is 15.8 Å². The minimum Gasteiger partial charge on any atom is -0.505 e. The molecule has 1 atom stereocenters. The molecule has 0 amide bonds. The number of rotatable bonds is 1. The summed E-state index contributed by atoms with van der Waals surface area (Å²) in [5.41, 5.74) is 4.89. The van der Waals surface area contributed by atoms with E-state index in [1.54, 1.807) is 12.1 Å². The molecule has 1 nitrogen and oxygen atoms in total. The lowest BCUT2D eigenvalue weighted by Crippen LogP contribution is -1.87. The van der Waals surface area contributed by atoms with Crippen LogP contribution in [0.25, 0.3) is 11.1 Å². The molecule has 0 aromatic heterocycles. The normalized spacial score (nSPS) is 17.5. The first-order valence-electron chi connectivity index (χ1n) is 6.37. The maximum atomic E-state index is 9.60. The van der Waals surface area contributed by atoms with Crippen molar-refractivity contribution in [1.82, 2.24) is 0 Å². The van der Waals surface area contributed by atoms with Crippen molar-refractivity contribution in [2.45, 2.75) is 25.7 Å². The minimum absolute atomic E-state index is 0.0538. The number of halogens is 2. The number of hydrogen-bond donors (Lipinski definition) is 1. The SMILES string of the molecule is C[C@H]1CCc2cc(-c3cc(Cl)c(O)c(Cl)c3)ccc21. The number of hydrogen-bond acceptors (Lipinski definition) is 1. The van der Waals surface area contributed by atoms with E-state index in [0.29, 0.717) is 5.92 Å². The van der Waals surface area contributed by atoms with Gasteiger partial charge in [0.05, 0.1) is 10.0 Å². The summed E-state index contributed by atoms with van der Waals surface area (Å²) in [6, 6.07) is 10.0. The zero-order valence-electron chi connectivity index (χ0n) is 10.6. The second-order valence-corrected chi connectivity index (χ2v) is 5.96. The van der Waals surface area contributed by atoms with Crippen LogP contribution in [0.5, 0.6) is 5.75 Å². The van der Waals surface area contributed by atoms with Gasteiger partial charge in [-0.2, -0.15) is 0 Å². The zero-order valence-corrected chi connectivity index (χ0v) is 12.1. The van der Waals surface area contributed by atoms with Crippen LogP contribution < -0.4 is 0 Å². The number of fused-ring (bicyclic) bond motifs is 1. The standard InChI is InChI=1S/C16H14Cl2O/c1-9-2-3-11-6-10(4-5-13(9)11)12-7-14(17)16(19)15(18)8-12/h4-9,19H,2-3H2,1H3/t9-/m0/s1. The predicted molar refractivity (Wildman–Crippen MR) is 80.3 cm³/mol. The summed E-state index contributed by atoms with van der Waals surface area (Å²) in [6.45, 7) is 2.26. The topological polar surface area (TPSA) is 20.2 Å². The maximum Gasteiger partial charge on any atom is 0.152 e. The van der Waals surface area contributed by atoms with Gasteiger partial charge in [-0.3, -0.25) is 0 Å². The van der Waals surface area contributed by atoms with Crippen LogP contribution in [-0.2, 0) is 6.42 Å². The molecule has 3 rings (SSSR count). The smallest absolute Gasteiger partial charge is 0.152 e. The second-order valence-electron chi connectivity index (χ2n) is 5.14. The molecule has 2 aromatic carbocycles. The quantitative estimate of drug-likeness (QED) is 0.744. The van der Waals surface area contributed by atoms with Crippen molar-refractivity contribution in [3.05, 3.63) is 51.5 Å². The largest absolute Gasteiger partial charge is 0.505 e. The average molecular weight is 293 g/mol. The number of phenolic OH excluding ortho intramolecular Hbond substituents is 1. The summed E-state index contributed by atoms with van der Waals surface area (Å²) in [5.74, 6) is 0.595. The Kier molecular flexibility index (Phi) is 3.20. The highest BCUT2D eigenvalue weighted by Crippen LogP contribution is 2.39. The lowest BCUT2D eigenvalue weighted by molar-refractivity contribution is 0.476. The summed E-state index contributed by atoms with van der Waals surface area (Å²) in [6.07, 6.45) is 2.35. The van der Waals surface area contributed by atoms with Crippen molar-refractivity contribution in [2.75, 3.05) is 0 Å². The van der Waals surface area contributed by atoms with Crippen molar-refractivity contribution in [2.24, 2.45) is 0 Å². The first kappa shape index (κ1) is 12.8. The Balaban J connectivity index is 2.08. The van der Waals surface area contributed by atoms with Gasteiger partial charge < -0.3 is 5.11 Å². The van der Waals surface area contributed by atoms with Crippen LogP contribution in [-0.4, -0.2) is 5.11 Å². The maximum absolute atomic E-state index is 9.60. The highest BCUT2D eigenvalue weighted by molar-refractivity contribution is 6.37. The van der Waals surface area contributed by atoms with Crippen molar-refractivity contribution < 1.29 is 5.11 Å². The Labute approximate surface area is 122 Å². The van der Waals surface area contributed by atoms with Gasteiger partial charge in [-0.1, -0.05) is 48.3 Å². The van der Waals surface area contributed by atoms with Gasteiger partial charge in [0, 0.05) is 0 Å².